The second kappa shape index (κ2) is 7.92. The fourth-order valence-electron chi connectivity index (χ4n) is 3.40. The molecular weight excluding hydrogens is 326 g/mol. The molecule has 0 aromatic carbocycles. The Bertz CT molecular complexity index is 614. The van der Waals surface area contributed by atoms with Crippen molar-refractivity contribution < 1.29 is 9.53 Å². The summed E-state index contributed by atoms with van der Waals surface area (Å²) in [5.74, 6) is -0.159. The first-order valence-electron chi connectivity index (χ1n) is 8.33. The lowest BCUT2D eigenvalue weighted by Crippen LogP contribution is -2.32. The predicted octanol–water partition coefficient (Wildman–Crippen LogP) is 1.50. The van der Waals surface area contributed by atoms with Crippen molar-refractivity contribution in [2.45, 2.75) is 31.8 Å². The van der Waals surface area contributed by atoms with E-state index in [1.807, 2.05) is 6.20 Å². The van der Waals surface area contributed by atoms with Gasteiger partial charge in [-0.3, -0.25) is 9.69 Å². The van der Waals surface area contributed by atoms with Gasteiger partial charge in [-0.15, -0.1) is 11.3 Å². The van der Waals surface area contributed by atoms with Crippen LogP contribution < -0.4 is 5.32 Å². The summed E-state index contributed by atoms with van der Waals surface area (Å²) in [4.78, 5) is 21.8. The number of nitriles is 1. The number of nitrogens with zero attached hydrogens (tertiary/aromatic N) is 4. The molecule has 7 nitrogen and oxygen atoms in total. The number of likely N-dealkylation sites (tertiary alicyclic amines) is 2. The summed E-state index contributed by atoms with van der Waals surface area (Å²) in [5.41, 5.74) is 0. The molecule has 1 N–H and O–H groups in total. The molecule has 1 aromatic rings. The largest absolute Gasteiger partial charge is 0.383 e. The quantitative estimate of drug-likeness (QED) is 0.784. The molecule has 2 fully saturated rings. The zero-order chi connectivity index (χ0) is 16.9. The highest BCUT2D eigenvalue weighted by molar-refractivity contribution is 7.15. The summed E-state index contributed by atoms with van der Waals surface area (Å²) in [5, 5.41) is 12.4. The van der Waals surface area contributed by atoms with E-state index >= 15 is 0 Å². The maximum Gasteiger partial charge on any atom is 0.231 e. The van der Waals surface area contributed by atoms with Crippen LogP contribution >= 0.6 is 11.3 Å². The number of amides is 1. The lowest BCUT2D eigenvalue weighted by atomic mass is 10.1. The van der Waals surface area contributed by atoms with Crippen LogP contribution in [0.15, 0.2) is 6.20 Å². The van der Waals surface area contributed by atoms with Gasteiger partial charge in [-0.2, -0.15) is 5.26 Å². The molecule has 0 aliphatic carbocycles. The van der Waals surface area contributed by atoms with Crippen molar-refractivity contribution in [3.05, 3.63) is 11.1 Å². The Morgan fingerprint density at radius 1 is 1.54 bits per heavy atom. The zero-order valence-corrected chi connectivity index (χ0v) is 14.7. The minimum Gasteiger partial charge on any atom is -0.383 e. The van der Waals surface area contributed by atoms with Gasteiger partial charge in [0.25, 0.3) is 0 Å². The Balaban J connectivity index is 1.52. The Morgan fingerprint density at radius 3 is 3.17 bits per heavy atom. The Kier molecular flexibility index (Phi) is 5.66. The number of carbonyl (C=O) groups is 1. The van der Waals surface area contributed by atoms with E-state index in [2.05, 4.69) is 21.4 Å². The second-order valence-electron chi connectivity index (χ2n) is 6.37. The van der Waals surface area contributed by atoms with E-state index < -0.39 is 0 Å². The van der Waals surface area contributed by atoms with Gasteiger partial charge < -0.3 is 15.0 Å². The number of hydrogen-bond donors (Lipinski definition) is 1. The predicted molar refractivity (Wildman–Crippen MR) is 91.3 cm³/mol. The van der Waals surface area contributed by atoms with Gasteiger partial charge in [0.2, 0.25) is 5.91 Å². The first-order chi connectivity index (χ1) is 11.7. The molecule has 2 aliphatic heterocycles. The highest BCUT2D eigenvalue weighted by Gasteiger charge is 2.28. The summed E-state index contributed by atoms with van der Waals surface area (Å²) >= 11 is 1.53. The first kappa shape index (κ1) is 17.1. The van der Waals surface area contributed by atoms with E-state index in [-0.39, 0.29) is 11.8 Å². The van der Waals surface area contributed by atoms with E-state index in [1.165, 1.54) is 24.2 Å². The smallest absolute Gasteiger partial charge is 0.231 e. The first-order valence-corrected chi connectivity index (χ1v) is 9.14. The molecule has 3 heterocycles. The monoisotopic (exact) mass is 349 g/mol. The molecule has 3 rings (SSSR count). The van der Waals surface area contributed by atoms with Gasteiger partial charge in [0.15, 0.2) is 11.3 Å². The van der Waals surface area contributed by atoms with Crippen LogP contribution in [0.25, 0.3) is 0 Å². The molecular formula is C16H23N5O2S. The molecule has 1 aromatic heterocycles. The van der Waals surface area contributed by atoms with Gasteiger partial charge in [0.1, 0.15) is 0 Å². The fourth-order valence-corrected chi connectivity index (χ4v) is 4.24. The number of rotatable bonds is 6. The average molecular weight is 349 g/mol. The molecule has 0 bridgehead atoms. The maximum absolute atomic E-state index is 12.3. The molecule has 2 saturated heterocycles. The highest BCUT2D eigenvalue weighted by Crippen LogP contribution is 2.26. The SMILES string of the molecule is COC[C@@H]1CCCN1Cc1cnc(NC(=O)C2CCN(C#N)C2)s1. The lowest BCUT2D eigenvalue weighted by Gasteiger charge is -2.22. The van der Waals surface area contributed by atoms with Gasteiger partial charge in [-0.25, -0.2) is 4.98 Å². The normalized spacial score (nSPS) is 24.2. The van der Waals surface area contributed by atoms with Gasteiger partial charge >= 0.3 is 0 Å². The number of carbonyl (C=O) groups excluding carboxylic acids is 1. The maximum atomic E-state index is 12.3. The summed E-state index contributed by atoms with van der Waals surface area (Å²) in [6, 6.07) is 0.477. The van der Waals surface area contributed by atoms with Crippen LogP contribution in [-0.4, -0.2) is 60.1 Å². The van der Waals surface area contributed by atoms with Crippen LogP contribution in [0.2, 0.25) is 0 Å². The van der Waals surface area contributed by atoms with E-state index in [1.54, 1.807) is 12.0 Å². The van der Waals surface area contributed by atoms with Crippen LogP contribution in [0.4, 0.5) is 5.13 Å². The minimum absolute atomic E-state index is 0.0351. The highest BCUT2D eigenvalue weighted by atomic mass is 32.1. The zero-order valence-electron chi connectivity index (χ0n) is 13.9. The molecule has 0 spiro atoms. The average Bonchev–Trinajstić information content (AvgIpc) is 3.30. The van der Waals surface area contributed by atoms with E-state index in [0.29, 0.717) is 24.3 Å². The lowest BCUT2D eigenvalue weighted by molar-refractivity contribution is -0.119. The van der Waals surface area contributed by atoms with Crippen LogP contribution in [0, 0.1) is 17.4 Å². The van der Waals surface area contributed by atoms with E-state index in [0.717, 1.165) is 31.0 Å². The third-order valence-corrected chi connectivity index (χ3v) is 5.60. The molecule has 1 unspecified atom stereocenters. The van der Waals surface area contributed by atoms with Crippen LogP contribution in [0.3, 0.4) is 0 Å². The summed E-state index contributed by atoms with van der Waals surface area (Å²) in [6.45, 7) is 3.87. The molecule has 2 aliphatic rings. The van der Waals surface area contributed by atoms with Gasteiger partial charge in [-0.1, -0.05) is 0 Å². The molecule has 0 saturated carbocycles. The standard InChI is InChI=1S/C16H23N5O2S/c1-23-10-13-3-2-5-21(13)9-14-7-18-16(24-14)19-15(22)12-4-6-20(8-12)11-17/h7,12-13H,2-6,8-10H2,1H3,(H,18,19,22)/t12?,13-/m0/s1. The van der Waals surface area contributed by atoms with Crippen molar-refractivity contribution in [2.75, 3.05) is 38.7 Å². The van der Waals surface area contributed by atoms with Crippen molar-refractivity contribution >= 4 is 22.4 Å². The fraction of sp³-hybridized carbons (Fsp3) is 0.688. The molecule has 0 radical (unpaired) electrons. The van der Waals surface area contributed by atoms with E-state index in [9.17, 15) is 4.79 Å². The third kappa shape index (κ3) is 4.04. The number of methoxy groups -OCH3 is 1. The van der Waals surface area contributed by atoms with Crippen molar-refractivity contribution in [2.24, 2.45) is 5.92 Å². The Labute approximate surface area is 146 Å². The Hall–Kier alpha value is -1.69. The van der Waals surface area contributed by atoms with Crippen molar-refractivity contribution in [1.82, 2.24) is 14.8 Å². The van der Waals surface area contributed by atoms with Crippen LogP contribution in [-0.2, 0) is 16.1 Å². The number of anilines is 1. The van der Waals surface area contributed by atoms with Crippen molar-refractivity contribution in [3.8, 4) is 6.19 Å². The number of thiazole rings is 1. The Morgan fingerprint density at radius 2 is 2.42 bits per heavy atom. The third-order valence-electron chi connectivity index (χ3n) is 4.70. The number of aromatic nitrogens is 1. The molecule has 1 amide bonds. The second-order valence-corrected chi connectivity index (χ2v) is 7.49. The van der Waals surface area contributed by atoms with Crippen LogP contribution in [0.1, 0.15) is 24.1 Å². The summed E-state index contributed by atoms with van der Waals surface area (Å²) < 4.78 is 5.29. The van der Waals surface area contributed by atoms with Gasteiger partial charge in [0.05, 0.1) is 12.5 Å². The van der Waals surface area contributed by atoms with Gasteiger partial charge in [-0.05, 0) is 25.8 Å². The van der Waals surface area contributed by atoms with Gasteiger partial charge in [0, 0.05) is 43.9 Å². The summed E-state index contributed by atoms with van der Waals surface area (Å²) in [7, 11) is 1.74. The number of ether oxygens (including phenoxy) is 1. The van der Waals surface area contributed by atoms with Crippen molar-refractivity contribution in [1.29, 1.82) is 5.26 Å². The summed E-state index contributed by atoms with van der Waals surface area (Å²) in [6.07, 6.45) is 7.04. The molecule has 2 atom stereocenters. The topological polar surface area (TPSA) is 81.5 Å². The molecule has 8 heteroatoms. The van der Waals surface area contributed by atoms with Crippen LogP contribution in [0.5, 0.6) is 0 Å². The minimum atomic E-state index is -0.123. The number of nitrogens with one attached hydrogen (secondary N) is 1. The van der Waals surface area contributed by atoms with E-state index in [4.69, 9.17) is 10.00 Å². The molecule has 24 heavy (non-hydrogen) atoms. The number of hydrogen-bond acceptors (Lipinski definition) is 7. The molecule has 130 valence electrons. The van der Waals surface area contributed by atoms with Crippen molar-refractivity contribution in [3.63, 3.8) is 0 Å².